The van der Waals surface area contributed by atoms with Crippen LogP contribution >= 0.6 is 23.2 Å². The quantitative estimate of drug-likeness (QED) is 0.137. The highest BCUT2D eigenvalue weighted by Crippen LogP contribution is 2.34. The Bertz CT molecular complexity index is 1450. The lowest BCUT2D eigenvalue weighted by Gasteiger charge is -2.27. The fourth-order valence-corrected chi connectivity index (χ4v) is 5.01. The number of carbonyl (C=O) groups excluding carboxylic acids is 2. The van der Waals surface area contributed by atoms with Crippen LogP contribution in [0.3, 0.4) is 0 Å². The topological polar surface area (TPSA) is 179 Å². The van der Waals surface area contributed by atoms with Gasteiger partial charge in [0, 0.05) is 30.3 Å². The first-order chi connectivity index (χ1) is 19.6. The van der Waals surface area contributed by atoms with Gasteiger partial charge in [-0.3, -0.25) is 15.0 Å². The fraction of sp³-hybridized carbons (Fsp3) is 0.214. The molecule has 0 spiro atoms. The summed E-state index contributed by atoms with van der Waals surface area (Å²) in [7, 11) is 0. The number of aliphatic carboxylic acids is 1. The van der Waals surface area contributed by atoms with Crippen molar-refractivity contribution in [1.82, 2.24) is 16.0 Å². The summed E-state index contributed by atoms with van der Waals surface area (Å²) in [6, 6.07) is 16.1. The maximum absolute atomic E-state index is 12.9. The van der Waals surface area contributed by atoms with Crippen LogP contribution in [0.2, 0.25) is 10.0 Å². The summed E-state index contributed by atoms with van der Waals surface area (Å²) in [6.07, 6.45) is 0.586. The molecule has 0 saturated heterocycles. The summed E-state index contributed by atoms with van der Waals surface area (Å²) < 4.78 is 5.67. The van der Waals surface area contributed by atoms with Gasteiger partial charge < -0.3 is 36.8 Å². The minimum absolute atomic E-state index is 0.0598. The van der Waals surface area contributed by atoms with Crippen molar-refractivity contribution < 1.29 is 24.2 Å². The van der Waals surface area contributed by atoms with E-state index in [-0.39, 0.29) is 40.7 Å². The van der Waals surface area contributed by atoms with E-state index in [1.165, 1.54) is 0 Å². The highest BCUT2D eigenvalue weighted by atomic mass is 35.5. The lowest BCUT2D eigenvalue weighted by atomic mass is 10.00. The second kappa shape index (κ2) is 13.4. The van der Waals surface area contributed by atoms with Gasteiger partial charge in [-0.2, -0.15) is 0 Å². The molecule has 8 N–H and O–H groups in total. The van der Waals surface area contributed by atoms with Crippen molar-refractivity contribution in [3.8, 4) is 16.9 Å². The molecular formula is C28H28Cl2N6O5. The number of nitrogens with one attached hydrogen (secondary N) is 5. The number of hydrogen-bond donors (Lipinski definition) is 7. The molecular weight excluding hydrogens is 571 g/mol. The van der Waals surface area contributed by atoms with Gasteiger partial charge in [0.15, 0.2) is 5.96 Å². The Morgan fingerprint density at radius 3 is 2.41 bits per heavy atom. The summed E-state index contributed by atoms with van der Waals surface area (Å²) in [5.74, 6) is -2.16. The number of fused-ring (bicyclic) bond motifs is 1. The van der Waals surface area contributed by atoms with E-state index >= 15 is 0 Å². The van der Waals surface area contributed by atoms with Crippen LogP contribution in [0.5, 0.6) is 5.75 Å². The first-order valence-corrected chi connectivity index (χ1v) is 13.3. The van der Waals surface area contributed by atoms with Crippen molar-refractivity contribution in [2.75, 3.05) is 25.0 Å². The van der Waals surface area contributed by atoms with Gasteiger partial charge in [-0.25, -0.2) is 4.79 Å². The Hall–Kier alpha value is -4.32. The predicted molar refractivity (Wildman–Crippen MR) is 157 cm³/mol. The van der Waals surface area contributed by atoms with Crippen LogP contribution < -0.4 is 31.7 Å². The van der Waals surface area contributed by atoms with Gasteiger partial charge in [-0.15, -0.1) is 0 Å². The summed E-state index contributed by atoms with van der Waals surface area (Å²) in [4.78, 5) is 37.3. The molecule has 3 aromatic carbocycles. The van der Waals surface area contributed by atoms with E-state index in [2.05, 4.69) is 21.3 Å². The number of halogens is 2. The van der Waals surface area contributed by atoms with E-state index in [0.717, 1.165) is 11.1 Å². The standard InChI is InChI=1S/C28H28Cl2N6O5/c29-19-10-16(15-4-2-1-3-5-15)11-20(30)25(19)26(38)36-22(27(39)40)13-34-24(37)14-33-21-8-9-41-23-7-6-17(12-18(21)23)35-28(31)32/h1-7,10-12,21-22,33H,8-9,13-14H2,(H,34,37)(H,36,38)(H,39,40)(H4,31,32,35)/t21-,22+/m1/s1. The molecule has 0 radical (unpaired) electrons. The third-order valence-corrected chi connectivity index (χ3v) is 6.92. The van der Waals surface area contributed by atoms with Crippen LogP contribution in [0.1, 0.15) is 28.4 Å². The number of benzene rings is 3. The molecule has 214 valence electrons. The average molecular weight is 599 g/mol. The molecule has 0 aliphatic carbocycles. The van der Waals surface area contributed by atoms with Crippen molar-refractivity contribution in [3.63, 3.8) is 0 Å². The largest absolute Gasteiger partial charge is 0.493 e. The number of amides is 2. The molecule has 41 heavy (non-hydrogen) atoms. The van der Waals surface area contributed by atoms with E-state index in [9.17, 15) is 19.5 Å². The van der Waals surface area contributed by atoms with Crippen LogP contribution in [0.4, 0.5) is 5.69 Å². The number of carboxylic acids is 1. The van der Waals surface area contributed by atoms with E-state index < -0.39 is 23.8 Å². The zero-order chi connectivity index (χ0) is 29.5. The van der Waals surface area contributed by atoms with Gasteiger partial charge >= 0.3 is 5.97 Å². The smallest absolute Gasteiger partial charge is 0.328 e. The third kappa shape index (κ3) is 7.66. The molecule has 2 amide bonds. The van der Waals surface area contributed by atoms with Crippen LogP contribution in [0.15, 0.2) is 60.7 Å². The first-order valence-electron chi connectivity index (χ1n) is 12.6. The molecule has 1 aliphatic rings. The van der Waals surface area contributed by atoms with Gasteiger partial charge in [0.1, 0.15) is 11.8 Å². The Balaban J connectivity index is 1.35. The van der Waals surface area contributed by atoms with Crippen molar-refractivity contribution >= 4 is 52.6 Å². The summed E-state index contributed by atoms with van der Waals surface area (Å²) in [6.45, 7) is -0.0420. The lowest BCUT2D eigenvalue weighted by molar-refractivity contribution is -0.139. The number of ether oxygens (including phenoxy) is 1. The first kappa shape index (κ1) is 29.7. The van der Waals surface area contributed by atoms with Crippen LogP contribution in [0.25, 0.3) is 11.1 Å². The Morgan fingerprint density at radius 1 is 1.05 bits per heavy atom. The normalized spacial score (nSPS) is 14.6. The third-order valence-electron chi connectivity index (χ3n) is 6.32. The Labute approximate surface area is 245 Å². The molecule has 2 atom stereocenters. The number of rotatable bonds is 10. The van der Waals surface area contributed by atoms with Gasteiger partial charge in [0.05, 0.1) is 28.8 Å². The van der Waals surface area contributed by atoms with Crippen LogP contribution in [-0.4, -0.2) is 54.6 Å². The van der Waals surface area contributed by atoms with Crippen molar-refractivity contribution in [2.45, 2.75) is 18.5 Å². The second-order valence-electron chi connectivity index (χ2n) is 9.21. The highest BCUT2D eigenvalue weighted by Gasteiger charge is 2.26. The average Bonchev–Trinajstić information content (AvgIpc) is 2.93. The predicted octanol–water partition coefficient (Wildman–Crippen LogP) is 3.38. The maximum Gasteiger partial charge on any atom is 0.328 e. The van der Waals surface area contributed by atoms with Crippen molar-refractivity contribution in [1.29, 1.82) is 5.41 Å². The molecule has 0 aromatic heterocycles. The summed E-state index contributed by atoms with van der Waals surface area (Å²) in [5.41, 5.74) is 8.29. The number of guanidine groups is 1. The molecule has 0 saturated carbocycles. The van der Waals surface area contributed by atoms with Crippen molar-refractivity contribution in [2.24, 2.45) is 5.73 Å². The summed E-state index contributed by atoms with van der Waals surface area (Å²) >= 11 is 12.7. The van der Waals surface area contributed by atoms with Crippen LogP contribution in [-0.2, 0) is 9.59 Å². The second-order valence-corrected chi connectivity index (χ2v) is 10.0. The van der Waals surface area contributed by atoms with Gasteiger partial charge in [0.2, 0.25) is 5.91 Å². The fourth-order valence-electron chi connectivity index (χ4n) is 4.35. The number of hydrogen-bond acceptors (Lipinski definition) is 6. The van der Waals surface area contributed by atoms with Gasteiger partial charge in [-0.1, -0.05) is 53.5 Å². The minimum atomic E-state index is -1.43. The minimum Gasteiger partial charge on any atom is -0.493 e. The molecule has 4 rings (SSSR count). The van der Waals surface area contributed by atoms with Gasteiger partial charge in [0.25, 0.3) is 5.91 Å². The molecule has 3 aromatic rings. The molecule has 0 unspecified atom stereocenters. The molecule has 0 bridgehead atoms. The maximum atomic E-state index is 12.9. The van der Waals surface area contributed by atoms with E-state index in [0.29, 0.717) is 30.0 Å². The molecule has 13 heteroatoms. The van der Waals surface area contributed by atoms with Gasteiger partial charge in [-0.05, 0) is 41.5 Å². The molecule has 1 heterocycles. The number of carboxylic acid groups (broad SMARTS) is 1. The molecule has 0 fully saturated rings. The number of carbonyl (C=O) groups is 3. The van der Waals surface area contributed by atoms with Crippen LogP contribution in [0, 0.1) is 5.41 Å². The van der Waals surface area contributed by atoms with E-state index in [1.807, 2.05) is 30.3 Å². The SMILES string of the molecule is N=C(N)Nc1ccc2c(c1)[C@H](NCC(=O)NC[C@H](NC(=O)c1c(Cl)cc(-c3ccccc3)cc1Cl)C(=O)O)CCO2. The monoisotopic (exact) mass is 598 g/mol. The molecule has 1 aliphatic heterocycles. The van der Waals surface area contributed by atoms with E-state index in [4.69, 9.17) is 39.1 Å². The summed E-state index contributed by atoms with van der Waals surface area (Å²) in [5, 5.41) is 27.9. The highest BCUT2D eigenvalue weighted by molar-refractivity contribution is 6.40. The zero-order valence-corrected chi connectivity index (χ0v) is 23.2. The zero-order valence-electron chi connectivity index (χ0n) is 21.7. The Kier molecular flexibility index (Phi) is 9.66. The molecule has 11 nitrogen and oxygen atoms in total. The van der Waals surface area contributed by atoms with E-state index in [1.54, 1.807) is 30.3 Å². The Morgan fingerprint density at radius 2 is 1.76 bits per heavy atom. The number of anilines is 1. The lowest BCUT2D eigenvalue weighted by Crippen LogP contribution is -2.49. The number of nitrogens with two attached hydrogens (primary N) is 1. The van der Waals surface area contributed by atoms with Crippen molar-refractivity contribution in [3.05, 3.63) is 81.8 Å².